The molecule has 0 radical (unpaired) electrons. The third-order valence-electron chi connectivity index (χ3n) is 1.98. The number of carbonyl (C=O) groups excluding carboxylic acids is 1. The Morgan fingerprint density at radius 1 is 1.44 bits per heavy atom. The van der Waals surface area contributed by atoms with Gasteiger partial charge in [0.25, 0.3) is 5.91 Å². The van der Waals surface area contributed by atoms with Crippen molar-refractivity contribution in [1.82, 2.24) is 5.32 Å². The number of amides is 1. The minimum absolute atomic E-state index is 0.130. The zero-order valence-corrected chi connectivity index (χ0v) is 11.7. The van der Waals surface area contributed by atoms with Crippen LogP contribution in [0.2, 0.25) is 0 Å². The second-order valence-electron chi connectivity index (χ2n) is 3.55. The first-order valence-corrected chi connectivity index (χ1v) is 7.36. The first-order chi connectivity index (χ1) is 7.49. The second kappa shape index (κ2) is 6.15. The Hall–Kier alpha value is -0.680. The molecule has 1 aromatic rings. The zero-order valence-electron chi connectivity index (χ0n) is 9.25. The summed E-state index contributed by atoms with van der Waals surface area (Å²) < 4.78 is 11.7. The molecular weight excluding hydrogens is 290 g/mol. The van der Waals surface area contributed by atoms with E-state index in [2.05, 4.69) is 21.2 Å². The minimum atomic E-state index is -0.871. The molecule has 5 heteroatoms. The van der Waals surface area contributed by atoms with E-state index in [0.717, 1.165) is 10.0 Å². The van der Waals surface area contributed by atoms with Crippen molar-refractivity contribution in [2.45, 2.75) is 6.92 Å². The number of halogens is 1. The largest absolute Gasteiger partial charge is 0.351 e. The zero-order chi connectivity index (χ0) is 12.1. The van der Waals surface area contributed by atoms with Gasteiger partial charge in [0.2, 0.25) is 0 Å². The fraction of sp³-hybridized carbons (Fsp3) is 0.364. The van der Waals surface area contributed by atoms with Gasteiger partial charge in [-0.3, -0.25) is 9.00 Å². The van der Waals surface area contributed by atoms with Gasteiger partial charge in [-0.05, 0) is 30.7 Å². The van der Waals surface area contributed by atoms with Gasteiger partial charge in [0, 0.05) is 39.4 Å². The SMILES string of the molecule is Cc1cc(Br)cc(C(=O)NCCS(C)=O)c1. The first kappa shape index (κ1) is 13.4. The van der Waals surface area contributed by atoms with Crippen molar-refractivity contribution >= 4 is 32.6 Å². The van der Waals surface area contributed by atoms with Crippen molar-refractivity contribution in [1.29, 1.82) is 0 Å². The summed E-state index contributed by atoms with van der Waals surface area (Å²) in [6.45, 7) is 2.37. The molecule has 1 atom stereocenters. The summed E-state index contributed by atoms with van der Waals surface area (Å²) in [4.78, 5) is 11.7. The summed E-state index contributed by atoms with van der Waals surface area (Å²) >= 11 is 3.34. The van der Waals surface area contributed by atoms with E-state index in [0.29, 0.717) is 17.9 Å². The molecule has 0 aliphatic carbocycles. The highest BCUT2D eigenvalue weighted by molar-refractivity contribution is 9.10. The number of carbonyl (C=O) groups is 1. The molecule has 0 fully saturated rings. The Morgan fingerprint density at radius 2 is 2.12 bits per heavy atom. The van der Waals surface area contributed by atoms with E-state index < -0.39 is 10.8 Å². The number of hydrogen-bond donors (Lipinski definition) is 1. The van der Waals surface area contributed by atoms with Crippen LogP contribution in [0.1, 0.15) is 15.9 Å². The van der Waals surface area contributed by atoms with Crippen LogP contribution in [0.5, 0.6) is 0 Å². The smallest absolute Gasteiger partial charge is 0.251 e. The van der Waals surface area contributed by atoms with Crippen LogP contribution in [0.3, 0.4) is 0 Å². The van der Waals surface area contributed by atoms with Crippen LogP contribution in [0.25, 0.3) is 0 Å². The van der Waals surface area contributed by atoms with Crippen LogP contribution in [0.4, 0.5) is 0 Å². The Labute approximate surface area is 106 Å². The van der Waals surface area contributed by atoms with E-state index in [-0.39, 0.29) is 5.91 Å². The highest BCUT2D eigenvalue weighted by Crippen LogP contribution is 2.15. The van der Waals surface area contributed by atoms with Gasteiger partial charge < -0.3 is 5.32 Å². The molecule has 1 unspecified atom stereocenters. The fourth-order valence-electron chi connectivity index (χ4n) is 1.28. The molecule has 1 aromatic carbocycles. The number of nitrogens with one attached hydrogen (secondary N) is 1. The second-order valence-corrected chi connectivity index (χ2v) is 6.02. The van der Waals surface area contributed by atoms with E-state index in [1.165, 1.54) is 0 Å². The fourth-order valence-corrected chi connectivity index (χ4v) is 2.28. The highest BCUT2D eigenvalue weighted by atomic mass is 79.9. The maximum atomic E-state index is 11.7. The van der Waals surface area contributed by atoms with Crippen LogP contribution in [-0.4, -0.2) is 28.7 Å². The lowest BCUT2D eigenvalue weighted by Crippen LogP contribution is -2.27. The van der Waals surface area contributed by atoms with Crippen molar-refractivity contribution < 1.29 is 9.00 Å². The van der Waals surface area contributed by atoms with Gasteiger partial charge in [-0.2, -0.15) is 0 Å². The lowest BCUT2D eigenvalue weighted by atomic mass is 10.1. The van der Waals surface area contributed by atoms with Crippen molar-refractivity contribution in [3.8, 4) is 0 Å². The molecule has 88 valence electrons. The van der Waals surface area contributed by atoms with Crippen molar-refractivity contribution in [3.63, 3.8) is 0 Å². The molecule has 1 N–H and O–H groups in total. The van der Waals surface area contributed by atoms with Crippen LogP contribution in [0.15, 0.2) is 22.7 Å². The molecule has 0 saturated carbocycles. The number of rotatable bonds is 4. The number of hydrogen-bond acceptors (Lipinski definition) is 2. The molecule has 0 heterocycles. The minimum Gasteiger partial charge on any atom is -0.351 e. The predicted molar refractivity (Wildman–Crippen MR) is 70.1 cm³/mol. The lowest BCUT2D eigenvalue weighted by molar-refractivity contribution is 0.0956. The average Bonchev–Trinajstić information content (AvgIpc) is 2.15. The van der Waals surface area contributed by atoms with Crippen LogP contribution >= 0.6 is 15.9 Å². The van der Waals surface area contributed by atoms with E-state index in [9.17, 15) is 9.00 Å². The topological polar surface area (TPSA) is 46.2 Å². The number of aryl methyl sites for hydroxylation is 1. The molecule has 1 rings (SSSR count). The maximum absolute atomic E-state index is 11.7. The third-order valence-corrected chi connectivity index (χ3v) is 3.22. The highest BCUT2D eigenvalue weighted by Gasteiger charge is 2.06. The van der Waals surface area contributed by atoms with E-state index in [1.54, 1.807) is 12.3 Å². The molecule has 3 nitrogen and oxygen atoms in total. The molecule has 0 spiro atoms. The lowest BCUT2D eigenvalue weighted by Gasteiger charge is -2.05. The third kappa shape index (κ3) is 4.45. The van der Waals surface area contributed by atoms with Crippen molar-refractivity contribution in [3.05, 3.63) is 33.8 Å². The summed E-state index contributed by atoms with van der Waals surface area (Å²) in [5, 5.41) is 2.73. The van der Waals surface area contributed by atoms with E-state index in [1.807, 2.05) is 19.1 Å². The van der Waals surface area contributed by atoms with Gasteiger partial charge in [0.1, 0.15) is 0 Å². The molecule has 0 aliphatic heterocycles. The Bertz CT molecular complexity index is 400. The van der Waals surface area contributed by atoms with E-state index >= 15 is 0 Å². The normalized spacial score (nSPS) is 12.2. The van der Waals surface area contributed by atoms with Crippen molar-refractivity contribution in [2.24, 2.45) is 0 Å². The Morgan fingerprint density at radius 3 is 2.69 bits per heavy atom. The molecule has 0 aromatic heterocycles. The summed E-state index contributed by atoms with van der Waals surface area (Å²) in [5.74, 6) is 0.355. The van der Waals surface area contributed by atoms with Gasteiger partial charge in [-0.25, -0.2) is 0 Å². The monoisotopic (exact) mass is 303 g/mol. The van der Waals surface area contributed by atoms with E-state index in [4.69, 9.17) is 0 Å². The molecule has 0 saturated heterocycles. The number of benzene rings is 1. The van der Waals surface area contributed by atoms with Crippen molar-refractivity contribution in [2.75, 3.05) is 18.6 Å². The van der Waals surface area contributed by atoms with Gasteiger partial charge >= 0.3 is 0 Å². The first-order valence-electron chi connectivity index (χ1n) is 4.84. The van der Waals surface area contributed by atoms with Crippen LogP contribution in [0, 0.1) is 6.92 Å². The van der Waals surface area contributed by atoms with Crippen LogP contribution < -0.4 is 5.32 Å². The Balaban J connectivity index is 2.62. The molecule has 1 amide bonds. The summed E-state index contributed by atoms with van der Waals surface area (Å²) in [6, 6.07) is 5.53. The molecular formula is C11H14BrNO2S. The van der Waals surface area contributed by atoms with Gasteiger partial charge in [-0.1, -0.05) is 15.9 Å². The van der Waals surface area contributed by atoms with Gasteiger partial charge in [-0.15, -0.1) is 0 Å². The molecule has 0 aliphatic rings. The molecule has 16 heavy (non-hydrogen) atoms. The summed E-state index contributed by atoms with van der Waals surface area (Å²) in [5.41, 5.74) is 1.65. The standard InChI is InChI=1S/C11H14BrNO2S/c1-8-5-9(7-10(12)6-8)11(14)13-3-4-16(2)15/h5-7H,3-4H2,1-2H3,(H,13,14). The Kier molecular flexibility index (Phi) is 5.15. The summed E-state index contributed by atoms with van der Waals surface area (Å²) in [6.07, 6.45) is 1.62. The summed E-state index contributed by atoms with van der Waals surface area (Å²) in [7, 11) is -0.871. The van der Waals surface area contributed by atoms with Crippen LogP contribution in [-0.2, 0) is 10.8 Å². The maximum Gasteiger partial charge on any atom is 0.251 e. The quantitative estimate of drug-likeness (QED) is 0.923. The molecule has 0 bridgehead atoms. The van der Waals surface area contributed by atoms with Gasteiger partial charge in [0.15, 0.2) is 0 Å². The average molecular weight is 304 g/mol. The van der Waals surface area contributed by atoms with Gasteiger partial charge in [0.05, 0.1) is 0 Å². The predicted octanol–water partition coefficient (Wildman–Crippen LogP) is 1.87.